The van der Waals surface area contributed by atoms with Gasteiger partial charge in [0.2, 0.25) is 0 Å². The quantitative estimate of drug-likeness (QED) is 0.571. The fourth-order valence-corrected chi connectivity index (χ4v) is 3.24. The number of hydrogen-bond donors (Lipinski definition) is 1. The smallest absolute Gasteiger partial charge is 0.165 e. The first kappa shape index (κ1) is 16.3. The highest BCUT2D eigenvalue weighted by molar-refractivity contribution is 9.10. The molecule has 2 nitrogen and oxygen atoms in total. The Bertz CT molecular complexity index is 679. The summed E-state index contributed by atoms with van der Waals surface area (Å²) in [6.07, 6.45) is 0. The fourth-order valence-electron chi connectivity index (χ4n) is 1.79. The van der Waals surface area contributed by atoms with Gasteiger partial charge in [0, 0.05) is 9.37 Å². The molecule has 0 radical (unpaired) electrons. The Morgan fingerprint density at radius 3 is 2.76 bits per heavy atom. The largest absolute Gasteiger partial charge is 0.453 e. The van der Waals surface area contributed by atoms with Gasteiger partial charge in [-0.3, -0.25) is 0 Å². The summed E-state index contributed by atoms with van der Waals surface area (Å²) in [7, 11) is 0. The number of benzene rings is 2. The summed E-state index contributed by atoms with van der Waals surface area (Å²) in [5.41, 5.74) is 6.44. The van der Waals surface area contributed by atoms with Crippen molar-refractivity contribution in [2.75, 3.05) is 5.75 Å². The Morgan fingerprint density at radius 1 is 1.33 bits per heavy atom. The van der Waals surface area contributed by atoms with Crippen LogP contribution >= 0.6 is 39.9 Å². The average Bonchev–Trinajstić information content (AvgIpc) is 2.43. The summed E-state index contributed by atoms with van der Waals surface area (Å²) in [5.74, 6) is 1.02. The van der Waals surface area contributed by atoms with Gasteiger partial charge in [-0.1, -0.05) is 41.1 Å². The minimum absolute atomic E-state index is 0.125. The molecular weight excluding hydrogens is 373 g/mol. The summed E-state index contributed by atoms with van der Waals surface area (Å²) in [6.45, 7) is 2.04. The summed E-state index contributed by atoms with van der Waals surface area (Å²) in [5, 5.41) is 0. The molecule has 2 aromatic rings. The Kier molecular flexibility index (Phi) is 5.61. The van der Waals surface area contributed by atoms with Gasteiger partial charge in [-0.15, -0.1) is 11.8 Å². The monoisotopic (exact) mass is 385 g/mol. The maximum absolute atomic E-state index is 13.8. The number of ether oxygens (including phenoxy) is 1. The zero-order valence-corrected chi connectivity index (χ0v) is 14.4. The molecule has 0 amide bonds. The van der Waals surface area contributed by atoms with E-state index in [0.29, 0.717) is 11.3 Å². The number of thioether (sulfide) groups is 1. The zero-order valence-electron chi connectivity index (χ0n) is 11.2. The van der Waals surface area contributed by atoms with E-state index in [-0.39, 0.29) is 10.7 Å². The van der Waals surface area contributed by atoms with Crippen LogP contribution in [-0.4, -0.2) is 10.7 Å². The fraction of sp³-hybridized carbons (Fsp3) is 0.133. The second kappa shape index (κ2) is 7.24. The van der Waals surface area contributed by atoms with E-state index in [1.54, 1.807) is 30.0 Å². The van der Waals surface area contributed by atoms with Crippen molar-refractivity contribution in [3.63, 3.8) is 0 Å². The van der Waals surface area contributed by atoms with E-state index in [4.69, 9.17) is 22.7 Å². The lowest BCUT2D eigenvalue weighted by Gasteiger charge is -2.14. The van der Waals surface area contributed by atoms with Gasteiger partial charge in [-0.25, -0.2) is 4.39 Å². The highest BCUT2D eigenvalue weighted by Crippen LogP contribution is 2.34. The van der Waals surface area contributed by atoms with Gasteiger partial charge in [0.25, 0.3) is 0 Å². The predicted octanol–water partition coefficient (Wildman–Crippen LogP) is 5.13. The zero-order chi connectivity index (χ0) is 15.4. The Labute approximate surface area is 141 Å². The third kappa shape index (κ3) is 3.96. The second-order valence-electron chi connectivity index (χ2n) is 4.10. The van der Waals surface area contributed by atoms with Crippen molar-refractivity contribution in [3.05, 3.63) is 52.3 Å². The normalized spacial score (nSPS) is 10.4. The lowest BCUT2D eigenvalue weighted by molar-refractivity contribution is 0.440. The molecule has 21 heavy (non-hydrogen) atoms. The van der Waals surface area contributed by atoms with Crippen LogP contribution in [0.25, 0.3) is 0 Å². The molecular formula is C15H13BrFNOS2. The first-order chi connectivity index (χ1) is 10.0. The van der Waals surface area contributed by atoms with Gasteiger partial charge in [-0.05, 0) is 36.1 Å². The van der Waals surface area contributed by atoms with Crippen molar-refractivity contribution < 1.29 is 9.13 Å². The highest BCUT2D eigenvalue weighted by atomic mass is 79.9. The summed E-state index contributed by atoms with van der Waals surface area (Å²) in [6, 6.07) is 10.0. The molecule has 110 valence electrons. The Hall–Kier alpha value is -1.11. The molecule has 0 aromatic heterocycles. The average molecular weight is 386 g/mol. The van der Waals surface area contributed by atoms with E-state index in [1.165, 1.54) is 6.07 Å². The van der Waals surface area contributed by atoms with Crippen LogP contribution in [0.15, 0.2) is 45.8 Å². The molecule has 0 unspecified atom stereocenters. The number of hydrogen-bond acceptors (Lipinski definition) is 3. The summed E-state index contributed by atoms with van der Waals surface area (Å²) >= 11 is 10.0. The molecule has 0 saturated heterocycles. The Balaban J connectivity index is 2.46. The maximum atomic E-state index is 13.8. The van der Waals surface area contributed by atoms with Crippen LogP contribution in [0.4, 0.5) is 4.39 Å². The van der Waals surface area contributed by atoms with Crippen molar-refractivity contribution >= 4 is 44.9 Å². The van der Waals surface area contributed by atoms with E-state index in [9.17, 15) is 4.39 Å². The van der Waals surface area contributed by atoms with Crippen molar-refractivity contribution in [2.45, 2.75) is 11.8 Å². The minimum Gasteiger partial charge on any atom is -0.453 e. The maximum Gasteiger partial charge on any atom is 0.165 e. The molecule has 0 aliphatic rings. The number of nitrogens with two attached hydrogens (primary N) is 1. The topological polar surface area (TPSA) is 35.2 Å². The summed E-state index contributed by atoms with van der Waals surface area (Å²) in [4.78, 5) is 1.16. The van der Waals surface area contributed by atoms with Crippen LogP contribution in [0.3, 0.4) is 0 Å². The van der Waals surface area contributed by atoms with E-state index in [1.807, 2.05) is 19.1 Å². The molecule has 2 N–H and O–H groups in total. The SMILES string of the molecule is CCSc1cccc(Oc2cc(Br)ccc2F)c1C(N)=S. The molecule has 2 rings (SSSR count). The van der Waals surface area contributed by atoms with Crippen molar-refractivity contribution in [2.24, 2.45) is 5.73 Å². The van der Waals surface area contributed by atoms with Gasteiger partial charge >= 0.3 is 0 Å². The third-order valence-electron chi connectivity index (χ3n) is 2.65. The van der Waals surface area contributed by atoms with Gasteiger partial charge in [-0.2, -0.15) is 0 Å². The van der Waals surface area contributed by atoms with Crippen LogP contribution in [0, 0.1) is 5.82 Å². The number of thiocarbonyl (C=S) groups is 1. The Morgan fingerprint density at radius 2 is 2.10 bits per heavy atom. The van der Waals surface area contributed by atoms with Gasteiger partial charge in [0.1, 0.15) is 10.7 Å². The van der Waals surface area contributed by atoms with Crippen LogP contribution < -0.4 is 10.5 Å². The number of rotatable bonds is 5. The highest BCUT2D eigenvalue weighted by Gasteiger charge is 2.15. The molecule has 0 spiro atoms. The van der Waals surface area contributed by atoms with E-state index in [0.717, 1.165) is 15.1 Å². The molecule has 0 saturated carbocycles. The second-order valence-corrected chi connectivity index (χ2v) is 6.76. The first-order valence-electron chi connectivity index (χ1n) is 6.21. The van der Waals surface area contributed by atoms with E-state index < -0.39 is 5.82 Å². The predicted molar refractivity (Wildman–Crippen MR) is 92.9 cm³/mol. The molecule has 0 atom stereocenters. The van der Waals surface area contributed by atoms with Crippen molar-refractivity contribution in [3.8, 4) is 11.5 Å². The third-order valence-corrected chi connectivity index (χ3v) is 4.28. The van der Waals surface area contributed by atoms with Crippen LogP contribution in [0.5, 0.6) is 11.5 Å². The molecule has 0 bridgehead atoms. The first-order valence-corrected chi connectivity index (χ1v) is 8.40. The standard InChI is InChI=1S/C15H13BrFNOS2/c1-2-21-13-5-3-4-11(14(13)15(18)20)19-12-8-9(16)6-7-10(12)17/h3-8H,2H2,1H3,(H2,18,20). The van der Waals surface area contributed by atoms with Gasteiger partial charge in [0.05, 0.1) is 5.56 Å². The van der Waals surface area contributed by atoms with E-state index >= 15 is 0 Å². The molecule has 0 heterocycles. The lowest BCUT2D eigenvalue weighted by Crippen LogP contribution is -2.12. The lowest BCUT2D eigenvalue weighted by atomic mass is 10.2. The van der Waals surface area contributed by atoms with Crippen molar-refractivity contribution in [1.29, 1.82) is 0 Å². The van der Waals surface area contributed by atoms with Crippen LogP contribution in [0.2, 0.25) is 0 Å². The van der Waals surface area contributed by atoms with Crippen LogP contribution in [-0.2, 0) is 0 Å². The van der Waals surface area contributed by atoms with Gasteiger partial charge < -0.3 is 10.5 Å². The molecule has 2 aromatic carbocycles. The van der Waals surface area contributed by atoms with Gasteiger partial charge in [0.15, 0.2) is 11.6 Å². The van der Waals surface area contributed by atoms with Crippen molar-refractivity contribution in [1.82, 2.24) is 0 Å². The van der Waals surface area contributed by atoms with E-state index in [2.05, 4.69) is 15.9 Å². The minimum atomic E-state index is -0.444. The molecule has 0 aliphatic carbocycles. The van der Waals surface area contributed by atoms with Crippen LogP contribution in [0.1, 0.15) is 12.5 Å². The summed E-state index contributed by atoms with van der Waals surface area (Å²) < 4.78 is 20.2. The molecule has 0 fully saturated rings. The number of halogens is 2. The molecule has 6 heteroatoms. The molecule has 0 aliphatic heterocycles.